The second-order valence-electron chi connectivity index (χ2n) is 8.74. The van der Waals surface area contributed by atoms with Gasteiger partial charge in [-0.25, -0.2) is 0 Å². The number of nitrogens with zero attached hydrogens (tertiary/aromatic N) is 3. The molecule has 2 heterocycles. The highest BCUT2D eigenvalue weighted by Crippen LogP contribution is 2.50. The predicted molar refractivity (Wildman–Crippen MR) is 95.0 cm³/mol. The molecular weight excluding hydrogens is 314 g/mol. The van der Waals surface area contributed by atoms with Gasteiger partial charge in [-0.2, -0.15) is 0 Å². The fourth-order valence-electron chi connectivity index (χ4n) is 5.38. The van der Waals surface area contributed by atoms with Gasteiger partial charge in [0, 0.05) is 31.3 Å². The monoisotopic (exact) mass is 345 g/mol. The van der Waals surface area contributed by atoms with E-state index in [1.54, 1.807) is 0 Å². The van der Waals surface area contributed by atoms with Crippen molar-refractivity contribution < 1.29 is 9.21 Å². The molecule has 1 aromatic heterocycles. The van der Waals surface area contributed by atoms with E-state index in [1.807, 2.05) is 13.8 Å². The Bertz CT molecular complexity index is 612. The number of hydrogen-bond donors (Lipinski definition) is 0. The Balaban J connectivity index is 1.29. The molecule has 2 saturated carbocycles. The molecule has 0 N–H and O–H groups in total. The summed E-state index contributed by atoms with van der Waals surface area (Å²) in [7, 11) is 0. The number of aryl methyl sites for hydroxylation is 1. The van der Waals surface area contributed by atoms with Crippen LogP contribution in [0, 0.1) is 17.8 Å². The Morgan fingerprint density at radius 1 is 1.24 bits per heavy atom. The zero-order valence-corrected chi connectivity index (χ0v) is 15.6. The largest absolute Gasteiger partial charge is 0.425 e. The van der Waals surface area contributed by atoms with E-state index in [9.17, 15) is 4.79 Å². The minimum atomic E-state index is 0.238. The third-order valence-corrected chi connectivity index (χ3v) is 6.69. The topological polar surface area (TPSA) is 59.2 Å². The Morgan fingerprint density at radius 2 is 2.12 bits per heavy atom. The molecule has 3 fully saturated rings. The molecule has 0 radical (unpaired) electrons. The van der Waals surface area contributed by atoms with Gasteiger partial charge in [-0.3, -0.25) is 4.79 Å². The van der Waals surface area contributed by atoms with Crippen LogP contribution in [0.1, 0.15) is 82.9 Å². The molecule has 2 bridgehead atoms. The fraction of sp³-hybridized carbons (Fsp3) is 0.850. The van der Waals surface area contributed by atoms with Gasteiger partial charge >= 0.3 is 0 Å². The van der Waals surface area contributed by atoms with E-state index in [0.717, 1.165) is 30.7 Å². The molecule has 1 aromatic rings. The first-order valence-corrected chi connectivity index (χ1v) is 10.2. The van der Waals surface area contributed by atoms with Crippen molar-refractivity contribution in [2.75, 3.05) is 6.54 Å². The molecular formula is C20H31N3O2. The van der Waals surface area contributed by atoms with Crippen molar-refractivity contribution >= 4 is 5.91 Å². The first kappa shape index (κ1) is 17.0. The summed E-state index contributed by atoms with van der Waals surface area (Å²) in [6.07, 6.45) is 10.4. The first-order valence-electron chi connectivity index (χ1n) is 10.2. The molecule has 25 heavy (non-hydrogen) atoms. The highest BCUT2D eigenvalue weighted by atomic mass is 16.4. The van der Waals surface area contributed by atoms with Crippen LogP contribution in [0.4, 0.5) is 0 Å². The van der Waals surface area contributed by atoms with Crippen LogP contribution in [0.5, 0.6) is 0 Å². The number of rotatable bonds is 6. The highest BCUT2D eigenvalue weighted by Gasteiger charge is 2.42. The highest BCUT2D eigenvalue weighted by molar-refractivity contribution is 5.77. The smallest absolute Gasteiger partial charge is 0.223 e. The van der Waals surface area contributed by atoms with Gasteiger partial charge in [0.2, 0.25) is 17.7 Å². The van der Waals surface area contributed by atoms with Crippen molar-refractivity contribution in [3.05, 3.63) is 11.8 Å². The SMILES string of the molecule is CC(C)c1nnc(CCC(=O)N2CCC[C@H]2C[C@H]2C[C@H]3CC[C@H]2C3)o1. The summed E-state index contributed by atoms with van der Waals surface area (Å²) in [5.41, 5.74) is 0. The second-order valence-corrected chi connectivity index (χ2v) is 8.74. The summed E-state index contributed by atoms with van der Waals surface area (Å²) < 4.78 is 5.63. The van der Waals surface area contributed by atoms with Gasteiger partial charge in [0.15, 0.2) is 0 Å². The van der Waals surface area contributed by atoms with E-state index >= 15 is 0 Å². The Kier molecular flexibility index (Phi) is 4.83. The Labute approximate surface area is 150 Å². The zero-order valence-electron chi connectivity index (χ0n) is 15.6. The van der Waals surface area contributed by atoms with Gasteiger partial charge in [-0.1, -0.05) is 20.3 Å². The van der Waals surface area contributed by atoms with Crippen LogP contribution in [0.2, 0.25) is 0 Å². The maximum atomic E-state index is 12.7. The number of carbonyl (C=O) groups is 1. The van der Waals surface area contributed by atoms with Crippen molar-refractivity contribution in [2.45, 2.75) is 83.6 Å². The molecule has 0 unspecified atom stereocenters. The van der Waals surface area contributed by atoms with Crippen molar-refractivity contribution in [3.8, 4) is 0 Å². The van der Waals surface area contributed by atoms with E-state index in [4.69, 9.17) is 4.42 Å². The van der Waals surface area contributed by atoms with Crippen LogP contribution in [-0.2, 0) is 11.2 Å². The summed E-state index contributed by atoms with van der Waals surface area (Å²) in [5, 5.41) is 8.13. The molecule has 1 saturated heterocycles. The summed E-state index contributed by atoms with van der Waals surface area (Å²) in [5.74, 6) is 4.60. The maximum Gasteiger partial charge on any atom is 0.223 e. The summed E-state index contributed by atoms with van der Waals surface area (Å²) in [6.45, 7) is 5.01. The van der Waals surface area contributed by atoms with Crippen LogP contribution >= 0.6 is 0 Å². The van der Waals surface area contributed by atoms with Gasteiger partial charge in [-0.15, -0.1) is 10.2 Å². The first-order chi connectivity index (χ1) is 12.1. The molecule has 4 atom stereocenters. The minimum Gasteiger partial charge on any atom is -0.425 e. The van der Waals surface area contributed by atoms with E-state index in [1.165, 1.54) is 38.5 Å². The van der Waals surface area contributed by atoms with Gasteiger partial charge in [-0.05, 0) is 56.3 Å². The molecule has 2 aliphatic carbocycles. The van der Waals surface area contributed by atoms with Crippen LogP contribution in [0.25, 0.3) is 0 Å². The average Bonchev–Trinajstić information content (AvgIpc) is 3.36. The lowest BCUT2D eigenvalue weighted by Gasteiger charge is -2.30. The zero-order chi connectivity index (χ0) is 17.4. The van der Waals surface area contributed by atoms with Gasteiger partial charge in [0.25, 0.3) is 0 Å². The van der Waals surface area contributed by atoms with Crippen molar-refractivity contribution in [1.82, 2.24) is 15.1 Å². The Morgan fingerprint density at radius 3 is 2.80 bits per heavy atom. The lowest BCUT2D eigenvalue weighted by atomic mass is 9.83. The normalized spacial score (nSPS) is 31.4. The standard InChI is InChI=1S/C20H31N3O2/c1-13(2)20-22-21-18(25-20)7-8-19(24)23-9-3-4-17(23)12-16-11-14-5-6-15(16)10-14/h13-17H,3-12H2,1-2H3/t14-,15-,16+,17-/m0/s1. The quantitative estimate of drug-likeness (QED) is 0.783. The number of aromatic nitrogens is 2. The van der Waals surface area contributed by atoms with Gasteiger partial charge in [0.1, 0.15) is 0 Å². The Hall–Kier alpha value is -1.39. The molecule has 0 spiro atoms. The molecule has 1 amide bonds. The number of carbonyl (C=O) groups excluding carboxylic acids is 1. The van der Waals surface area contributed by atoms with E-state index in [2.05, 4.69) is 15.1 Å². The number of hydrogen-bond acceptors (Lipinski definition) is 4. The molecule has 1 aliphatic heterocycles. The molecule has 5 nitrogen and oxygen atoms in total. The van der Waals surface area contributed by atoms with Crippen LogP contribution in [0.3, 0.4) is 0 Å². The lowest BCUT2D eigenvalue weighted by Crippen LogP contribution is -2.37. The third kappa shape index (κ3) is 3.61. The maximum absolute atomic E-state index is 12.7. The van der Waals surface area contributed by atoms with E-state index in [-0.39, 0.29) is 11.8 Å². The van der Waals surface area contributed by atoms with Crippen LogP contribution < -0.4 is 0 Å². The minimum absolute atomic E-state index is 0.238. The van der Waals surface area contributed by atoms with Crippen molar-refractivity contribution in [1.29, 1.82) is 0 Å². The second kappa shape index (κ2) is 7.08. The summed E-state index contributed by atoms with van der Waals surface area (Å²) in [6, 6.07) is 0.478. The summed E-state index contributed by atoms with van der Waals surface area (Å²) >= 11 is 0. The lowest BCUT2D eigenvalue weighted by molar-refractivity contribution is -0.132. The molecule has 138 valence electrons. The average molecular weight is 345 g/mol. The van der Waals surface area contributed by atoms with Crippen LogP contribution in [0.15, 0.2) is 4.42 Å². The molecule has 3 aliphatic rings. The van der Waals surface area contributed by atoms with E-state index < -0.39 is 0 Å². The van der Waals surface area contributed by atoms with E-state index in [0.29, 0.717) is 30.7 Å². The number of amides is 1. The van der Waals surface area contributed by atoms with Gasteiger partial charge < -0.3 is 9.32 Å². The van der Waals surface area contributed by atoms with Crippen LogP contribution in [-0.4, -0.2) is 33.6 Å². The number of likely N-dealkylation sites (tertiary alicyclic amines) is 1. The van der Waals surface area contributed by atoms with Gasteiger partial charge in [0.05, 0.1) is 0 Å². The summed E-state index contributed by atoms with van der Waals surface area (Å²) in [4.78, 5) is 14.9. The fourth-order valence-corrected chi connectivity index (χ4v) is 5.38. The van der Waals surface area contributed by atoms with Crippen molar-refractivity contribution in [2.24, 2.45) is 17.8 Å². The molecule has 0 aromatic carbocycles. The third-order valence-electron chi connectivity index (χ3n) is 6.69. The molecule has 4 rings (SSSR count). The predicted octanol–water partition coefficient (Wildman–Crippen LogP) is 3.94. The van der Waals surface area contributed by atoms with Crippen molar-refractivity contribution in [3.63, 3.8) is 0 Å². The number of fused-ring (bicyclic) bond motifs is 2. The molecule has 5 heteroatoms.